The number of aliphatic carboxylic acids is 1. The van der Waals surface area contributed by atoms with Crippen molar-refractivity contribution in [1.82, 2.24) is 4.98 Å². The minimum atomic E-state index is -4.15. The molecule has 8 nitrogen and oxygen atoms in total. The summed E-state index contributed by atoms with van der Waals surface area (Å²) in [7, 11) is -2.65. The van der Waals surface area contributed by atoms with Gasteiger partial charge in [-0.25, -0.2) is 13.4 Å². The van der Waals surface area contributed by atoms with Gasteiger partial charge in [-0.2, -0.15) is 0 Å². The first-order valence-corrected chi connectivity index (χ1v) is 12.6. The van der Waals surface area contributed by atoms with E-state index in [0.29, 0.717) is 5.75 Å². The van der Waals surface area contributed by atoms with Crippen LogP contribution in [0.5, 0.6) is 5.75 Å². The second-order valence-electron chi connectivity index (χ2n) is 9.35. The van der Waals surface area contributed by atoms with Crippen LogP contribution in [0.1, 0.15) is 37.6 Å². The van der Waals surface area contributed by atoms with Gasteiger partial charge in [-0.3, -0.25) is 4.79 Å². The zero-order valence-electron chi connectivity index (χ0n) is 20.3. The van der Waals surface area contributed by atoms with Crippen LogP contribution >= 0.6 is 0 Å². The van der Waals surface area contributed by atoms with Crippen LogP contribution in [0.15, 0.2) is 71.6 Å². The zero-order valence-corrected chi connectivity index (χ0v) is 21.1. The molecule has 3 rings (SSSR count). The molecule has 1 heterocycles. The fourth-order valence-corrected chi connectivity index (χ4v) is 5.31. The number of nitrogens with zero attached hydrogens (tertiary/aromatic N) is 1. The third kappa shape index (κ3) is 5.80. The van der Waals surface area contributed by atoms with Crippen LogP contribution in [0.3, 0.4) is 0 Å². The van der Waals surface area contributed by atoms with E-state index in [4.69, 9.17) is 15.6 Å². The Morgan fingerprint density at radius 1 is 1.03 bits per heavy atom. The van der Waals surface area contributed by atoms with Gasteiger partial charge >= 0.3 is 5.97 Å². The standard InChI is InChI=1S/C26H31N3O5S/c1-25(2,3)19-10-8-18(9-11-19)16-26(27,22-6-5-7-23(29-22)28-17-24(30)31)35(32,33)21-14-12-20(34-4)13-15-21/h5-15H,16-17,27H2,1-4H3,(H,28,29)(H,30,31). The highest BCUT2D eigenvalue weighted by Crippen LogP contribution is 2.35. The normalized spacial score (nSPS) is 13.6. The van der Waals surface area contributed by atoms with E-state index in [9.17, 15) is 13.2 Å². The molecule has 0 aliphatic carbocycles. The van der Waals surface area contributed by atoms with Gasteiger partial charge in [-0.05, 0) is 52.9 Å². The van der Waals surface area contributed by atoms with Gasteiger partial charge in [0.2, 0.25) is 9.84 Å². The maximum absolute atomic E-state index is 13.9. The molecule has 186 valence electrons. The largest absolute Gasteiger partial charge is 0.497 e. The van der Waals surface area contributed by atoms with Crippen molar-refractivity contribution in [1.29, 1.82) is 0 Å². The molecule has 0 bridgehead atoms. The second kappa shape index (κ2) is 10.1. The molecule has 4 N–H and O–H groups in total. The van der Waals surface area contributed by atoms with E-state index in [2.05, 4.69) is 31.1 Å². The molecule has 0 aliphatic rings. The van der Waals surface area contributed by atoms with Crippen LogP contribution < -0.4 is 15.8 Å². The van der Waals surface area contributed by atoms with Crippen molar-refractivity contribution < 1.29 is 23.1 Å². The van der Waals surface area contributed by atoms with E-state index < -0.39 is 20.7 Å². The minimum absolute atomic E-state index is 0.0257. The van der Waals surface area contributed by atoms with Crippen LogP contribution in [0.4, 0.5) is 5.82 Å². The molecule has 2 aromatic carbocycles. The molecule has 0 radical (unpaired) electrons. The van der Waals surface area contributed by atoms with Gasteiger partial charge in [0.25, 0.3) is 0 Å². The van der Waals surface area contributed by atoms with E-state index in [0.717, 1.165) is 11.1 Å². The molecule has 1 aromatic heterocycles. The summed E-state index contributed by atoms with van der Waals surface area (Å²) >= 11 is 0. The Balaban J connectivity index is 2.11. The van der Waals surface area contributed by atoms with E-state index in [1.165, 1.54) is 25.3 Å². The predicted octanol–water partition coefficient (Wildman–Crippen LogP) is 3.71. The zero-order chi connectivity index (χ0) is 25.9. The fourth-order valence-electron chi connectivity index (χ4n) is 3.65. The number of nitrogens with one attached hydrogen (secondary N) is 1. The molecule has 0 spiro atoms. The average Bonchev–Trinajstić information content (AvgIpc) is 2.82. The fraction of sp³-hybridized carbons (Fsp3) is 0.308. The molecule has 0 fully saturated rings. The van der Waals surface area contributed by atoms with Gasteiger partial charge < -0.3 is 20.9 Å². The van der Waals surface area contributed by atoms with Crippen molar-refractivity contribution >= 4 is 21.6 Å². The first-order chi connectivity index (χ1) is 16.4. The Hall–Kier alpha value is -3.43. The third-order valence-electron chi connectivity index (χ3n) is 5.74. The lowest BCUT2D eigenvalue weighted by molar-refractivity contribution is -0.134. The van der Waals surface area contributed by atoms with Crippen molar-refractivity contribution in [3.05, 3.63) is 83.6 Å². The number of hydrogen-bond acceptors (Lipinski definition) is 7. The van der Waals surface area contributed by atoms with Gasteiger partial charge in [0.15, 0.2) is 4.87 Å². The highest BCUT2D eigenvalue weighted by Gasteiger charge is 2.44. The van der Waals surface area contributed by atoms with Crippen molar-refractivity contribution in [3.8, 4) is 5.75 Å². The Labute approximate surface area is 206 Å². The SMILES string of the molecule is COc1ccc(S(=O)(=O)C(N)(Cc2ccc(C(C)(C)C)cc2)c2cccc(NCC(=O)O)n2)cc1. The molecular formula is C26H31N3O5S. The monoisotopic (exact) mass is 497 g/mol. The molecular weight excluding hydrogens is 466 g/mol. The number of carboxylic acid groups (broad SMARTS) is 1. The van der Waals surface area contributed by atoms with E-state index >= 15 is 0 Å². The maximum atomic E-state index is 13.9. The van der Waals surface area contributed by atoms with Crippen molar-refractivity contribution in [2.24, 2.45) is 5.73 Å². The molecule has 35 heavy (non-hydrogen) atoms. The summed E-state index contributed by atoms with van der Waals surface area (Å²) in [5.41, 5.74) is 8.64. The average molecular weight is 498 g/mol. The number of methoxy groups -OCH3 is 1. The number of carbonyl (C=O) groups is 1. The smallest absolute Gasteiger partial charge is 0.322 e. The molecule has 9 heteroatoms. The summed E-state index contributed by atoms with van der Waals surface area (Å²) in [5.74, 6) is -0.337. The number of carboxylic acids is 1. The lowest BCUT2D eigenvalue weighted by Gasteiger charge is -2.30. The van der Waals surface area contributed by atoms with Crippen molar-refractivity contribution in [3.63, 3.8) is 0 Å². The first kappa shape index (κ1) is 26.2. The van der Waals surface area contributed by atoms with E-state index in [-0.39, 0.29) is 34.8 Å². The number of aromatic nitrogens is 1. The summed E-state index contributed by atoms with van der Waals surface area (Å²) in [5, 5.41) is 11.7. The van der Waals surface area contributed by atoms with Gasteiger partial charge in [0.1, 0.15) is 18.1 Å². The molecule has 0 amide bonds. The molecule has 0 aliphatic heterocycles. The molecule has 0 saturated carbocycles. The number of sulfone groups is 1. The second-order valence-corrected chi connectivity index (χ2v) is 11.6. The van der Waals surface area contributed by atoms with Crippen LogP contribution in [0, 0.1) is 0 Å². The summed E-state index contributed by atoms with van der Waals surface area (Å²) in [4.78, 5) is 13.5. The Bertz CT molecular complexity index is 1280. The van der Waals surface area contributed by atoms with Crippen LogP contribution in [-0.4, -0.2) is 38.1 Å². The van der Waals surface area contributed by atoms with Gasteiger partial charge in [-0.1, -0.05) is 51.1 Å². The number of rotatable bonds is 9. The van der Waals surface area contributed by atoms with Crippen LogP contribution in [0.2, 0.25) is 0 Å². The highest BCUT2D eigenvalue weighted by atomic mass is 32.2. The summed E-state index contributed by atoms with van der Waals surface area (Å²) < 4.78 is 33.0. The molecule has 0 saturated heterocycles. The lowest BCUT2D eigenvalue weighted by atomic mass is 9.86. The van der Waals surface area contributed by atoms with Crippen molar-refractivity contribution in [2.75, 3.05) is 19.0 Å². The van der Waals surface area contributed by atoms with Crippen LogP contribution in [0.25, 0.3) is 0 Å². The number of nitrogens with two attached hydrogens (primary N) is 1. The number of anilines is 1. The molecule has 3 aromatic rings. The van der Waals surface area contributed by atoms with Gasteiger partial charge in [0.05, 0.1) is 17.7 Å². The number of benzene rings is 2. The Morgan fingerprint density at radius 3 is 2.20 bits per heavy atom. The van der Waals surface area contributed by atoms with E-state index in [1.807, 2.05) is 24.3 Å². The van der Waals surface area contributed by atoms with Crippen LogP contribution in [-0.2, 0) is 31.3 Å². The number of pyridine rings is 1. The van der Waals surface area contributed by atoms with Gasteiger partial charge in [-0.15, -0.1) is 0 Å². The number of ether oxygens (including phenoxy) is 1. The summed E-state index contributed by atoms with van der Waals surface area (Å²) in [6.07, 6.45) is -0.0405. The molecule has 1 atom stereocenters. The summed E-state index contributed by atoms with van der Waals surface area (Å²) in [6.45, 7) is 5.93. The molecule has 1 unspecified atom stereocenters. The van der Waals surface area contributed by atoms with Crippen molar-refractivity contribution in [2.45, 2.75) is 42.4 Å². The third-order valence-corrected chi connectivity index (χ3v) is 7.94. The first-order valence-electron chi connectivity index (χ1n) is 11.1. The topological polar surface area (TPSA) is 132 Å². The quantitative estimate of drug-likeness (QED) is 0.408. The van der Waals surface area contributed by atoms with E-state index in [1.54, 1.807) is 24.3 Å². The minimum Gasteiger partial charge on any atom is -0.497 e. The predicted molar refractivity (Wildman–Crippen MR) is 135 cm³/mol. The Morgan fingerprint density at radius 2 is 1.66 bits per heavy atom. The Kier molecular flexibility index (Phi) is 7.52. The summed E-state index contributed by atoms with van der Waals surface area (Å²) in [6, 6.07) is 18.4. The highest BCUT2D eigenvalue weighted by molar-refractivity contribution is 7.92. The lowest BCUT2D eigenvalue weighted by Crippen LogP contribution is -2.47. The van der Waals surface area contributed by atoms with Gasteiger partial charge in [0, 0.05) is 6.42 Å². The maximum Gasteiger partial charge on any atom is 0.322 e. The number of hydrogen-bond donors (Lipinski definition) is 3.